The van der Waals surface area contributed by atoms with Gasteiger partial charge in [0, 0.05) is 30.6 Å². The summed E-state index contributed by atoms with van der Waals surface area (Å²) in [5, 5.41) is 3.44. The molecule has 1 atom stereocenters. The number of benzene rings is 1. The molecule has 1 aliphatic heterocycles. The number of aliphatic imine (C=N–C) groups is 1. The second-order valence-corrected chi connectivity index (χ2v) is 8.34. The minimum Gasteiger partial charge on any atom is -0.493 e. The molecule has 5 nitrogen and oxygen atoms in total. The number of para-hydroxylation sites is 2. The fourth-order valence-electron chi connectivity index (χ4n) is 2.74. The van der Waals surface area contributed by atoms with Crippen LogP contribution in [0.1, 0.15) is 20.8 Å². The number of methoxy groups -OCH3 is 1. The molecule has 0 spiro atoms. The van der Waals surface area contributed by atoms with E-state index < -0.39 is 0 Å². The Balaban J connectivity index is 1.89. The van der Waals surface area contributed by atoms with E-state index in [0.29, 0.717) is 6.54 Å². The van der Waals surface area contributed by atoms with E-state index in [9.17, 15) is 0 Å². The topological polar surface area (TPSA) is 46.1 Å². The van der Waals surface area contributed by atoms with Crippen molar-refractivity contribution in [2.45, 2.75) is 31.6 Å². The van der Waals surface area contributed by atoms with Gasteiger partial charge in [0.05, 0.1) is 13.7 Å². The quantitative estimate of drug-likeness (QED) is 0.653. The summed E-state index contributed by atoms with van der Waals surface area (Å²) in [6.07, 6.45) is 0.00484. The monoisotopic (exact) mass is 351 g/mol. The van der Waals surface area contributed by atoms with E-state index in [1.54, 1.807) is 7.11 Å². The fraction of sp³-hybridized carbons (Fsp3) is 0.611. The van der Waals surface area contributed by atoms with Gasteiger partial charge < -0.3 is 19.7 Å². The SMILES string of the molecule is CN=C(NCC(C)Oc1ccccc1OC)N1CCSC(C)(C)C1. The molecule has 1 aromatic rings. The van der Waals surface area contributed by atoms with Crippen molar-refractivity contribution < 1.29 is 9.47 Å². The standard InChI is InChI=1S/C18H29N3O2S/c1-14(23-16-9-7-6-8-15(16)22-5)12-20-17(19-4)21-10-11-24-18(2,3)13-21/h6-9,14H,10-13H2,1-5H3,(H,19,20). The van der Waals surface area contributed by atoms with E-state index in [2.05, 4.69) is 29.1 Å². The maximum absolute atomic E-state index is 5.99. The van der Waals surface area contributed by atoms with Crippen molar-refractivity contribution in [3.63, 3.8) is 0 Å². The average Bonchev–Trinajstić information content (AvgIpc) is 2.55. The molecule has 6 heteroatoms. The van der Waals surface area contributed by atoms with Crippen molar-refractivity contribution in [3.05, 3.63) is 24.3 Å². The van der Waals surface area contributed by atoms with Gasteiger partial charge in [-0.1, -0.05) is 12.1 Å². The average molecular weight is 352 g/mol. The number of nitrogens with one attached hydrogen (secondary N) is 1. The van der Waals surface area contributed by atoms with E-state index in [1.165, 1.54) is 0 Å². The Labute approximate surface area is 149 Å². The second kappa shape index (κ2) is 8.51. The van der Waals surface area contributed by atoms with E-state index in [-0.39, 0.29) is 10.9 Å². The predicted octanol–water partition coefficient (Wildman–Crippen LogP) is 2.87. The fourth-order valence-corrected chi connectivity index (χ4v) is 3.85. The molecule has 1 N–H and O–H groups in total. The molecule has 1 aromatic carbocycles. The molecular weight excluding hydrogens is 322 g/mol. The molecule has 1 fully saturated rings. The van der Waals surface area contributed by atoms with Crippen LogP contribution >= 0.6 is 11.8 Å². The molecule has 0 saturated carbocycles. The van der Waals surface area contributed by atoms with Gasteiger partial charge in [0.25, 0.3) is 0 Å². The Morgan fingerprint density at radius 3 is 2.71 bits per heavy atom. The predicted molar refractivity (Wildman–Crippen MR) is 103 cm³/mol. The number of guanidine groups is 1. The Kier molecular flexibility index (Phi) is 6.66. The van der Waals surface area contributed by atoms with Gasteiger partial charge in [0.15, 0.2) is 17.5 Å². The molecule has 0 amide bonds. The number of hydrogen-bond donors (Lipinski definition) is 1. The first kappa shape index (κ1) is 18.8. The van der Waals surface area contributed by atoms with Gasteiger partial charge in [0.2, 0.25) is 0 Å². The van der Waals surface area contributed by atoms with Crippen LogP contribution in [0.4, 0.5) is 0 Å². The molecular formula is C18H29N3O2S. The van der Waals surface area contributed by atoms with Gasteiger partial charge in [-0.15, -0.1) is 0 Å². The lowest BCUT2D eigenvalue weighted by atomic mass is 10.2. The van der Waals surface area contributed by atoms with Gasteiger partial charge in [-0.05, 0) is 32.9 Å². The lowest BCUT2D eigenvalue weighted by molar-refractivity contribution is 0.212. The number of rotatable bonds is 5. The summed E-state index contributed by atoms with van der Waals surface area (Å²) < 4.78 is 11.6. The summed E-state index contributed by atoms with van der Waals surface area (Å²) in [7, 11) is 3.49. The second-order valence-electron chi connectivity index (χ2n) is 6.54. The molecule has 1 saturated heterocycles. The minimum atomic E-state index is 0.00484. The zero-order chi connectivity index (χ0) is 17.6. The maximum Gasteiger partial charge on any atom is 0.193 e. The Hall–Kier alpha value is -1.56. The Morgan fingerprint density at radius 1 is 1.38 bits per heavy atom. The van der Waals surface area contributed by atoms with Crippen LogP contribution in [0.5, 0.6) is 11.5 Å². The Morgan fingerprint density at radius 2 is 2.08 bits per heavy atom. The molecule has 0 bridgehead atoms. The highest BCUT2D eigenvalue weighted by Gasteiger charge is 2.28. The van der Waals surface area contributed by atoms with Gasteiger partial charge in [0.1, 0.15) is 6.10 Å². The van der Waals surface area contributed by atoms with Crippen LogP contribution in [0, 0.1) is 0 Å². The van der Waals surface area contributed by atoms with Crippen LogP contribution in [0.3, 0.4) is 0 Å². The first-order chi connectivity index (χ1) is 11.4. The number of thioether (sulfide) groups is 1. The third-order valence-corrected chi connectivity index (χ3v) is 5.18. The van der Waals surface area contributed by atoms with Crippen LogP contribution in [0.2, 0.25) is 0 Å². The maximum atomic E-state index is 5.99. The summed E-state index contributed by atoms with van der Waals surface area (Å²) in [6, 6.07) is 7.72. The summed E-state index contributed by atoms with van der Waals surface area (Å²) in [4.78, 5) is 6.76. The van der Waals surface area contributed by atoms with Gasteiger partial charge in [-0.3, -0.25) is 4.99 Å². The van der Waals surface area contributed by atoms with Crippen molar-refractivity contribution in [2.75, 3.05) is 39.5 Å². The van der Waals surface area contributed by atoms with Gasteiger partial charge in [-0.2, -0.15) is 11.8 Å². The van der Waals surface area contributed by atoms with Crippen LogP contribution in [0.15, 0.2) is 29.3 Å². The molecule has 0 aliphatic carbocycles. The zero-order valence-corrected chi connectivity index (χ0v) is 16.2. The van der Waals surface area contributed by atoms with E-state index in [4.69, 9.17) is 9.47 Å². The van der Waals surface area contributed by atoms with Crippen LogP contribution in [0.25, 0.3) is 0 Å². The molecule has 0 aromatic heterocycles. The summed E-state index contributed by atoms with van der Waals surface area (Å²) in [5.74, 6) is 3.59. The molecule has 1 unspecified atom stereocenters. The molecule has 1 heterocycles. The van der Waals surface area contributed by atoms with E-state index in [1.807, 2.05) is 50.0 Å². The molecule has 0 radical (unpaired) electrons. The lowest BCUT2D eigenvalue weighted by Crippen LogP contribution is -2.52. The molecule has 24 heavy (non-hydrogen) atoms. The van der Waals surface area contributed by atoms with Crippen molar-refractivity contribution >= 4 is 17.7 Å². The van der Waals surface area contributed by atoms with Crippen LogP contribution < -0.4 is 14.8 Å². The van der Waals surface area contributed by atoms with Crippen molar-refractivity contribution in [1.29, 1.82) is 0 Å². The third kappa shape index (κ3) is 5.23. The number of nitrogens with zero attached hydrogens (tertiary/aromatic N) is 2. The lowest BCUT2D eigenvalue weighted by Gasteiger charge is -2.39. The van der Waals surface area contributed by atoms with Crippen LogP contribution in [-0.4, -0.2) is 61.3 Å². The largest absolute Gasteiger partial charge is 0.493 e. The number of hydrogen-bond acceptors (Lipinski definition) is 4. The molecule has 2 rings (SSSR count). The van der Waals surface area contributed by atoms with Crippen molar-refractivity contribution in [3.8, 4) is 11.5 Å². The van der Waals surface area contributed by atoms with Crippen LogP contribution in [-0.2, 0) is 0 Å². The highest BCUT2D eigenvalue weighted by atomic mass is 32.2. The highest BCUT2D eigenvalue weighted by Crippen LogP contribution is 2.29. The minimum absolute atomic E-state index is 0.00484. The third-order valence-electron chi connectivity index (χ3n) is 3.88. The number of ether oxygens (including phenoxy) is 2. The highest BCUT2D eigenvalue weighted by molar-refractivity contribution is 8.00. The van der Waals surface area contributed by atoms with Crippen molar-refractivity contribution in [1.82, 2.24) is 10.2 Å². The van der Waals surface area contributed by atoms with E-state index in [0.717, 1.165) is 36.3 Å². The molecule has 134 valence electrons. The van der Waals surface area contributed by atoms with Gasteiger partial charge >= 0.3 is 0 Å². The van der Waals surface area contributed by atoms with E-state index >= 15 is 0 Å². The first-order valence-corrected chi connectivity index (χ1v) is 9.33. The van der Waals surface area contributed by atoms with Crippen molar-refractivity contribution in [2.24, 2.45) is 4.99 Å². The molecule has 1 aliphatic rings. The summed E-state index contributed by atoms with van der Waals surface area (Å²) in [5.41, 5.74) is 0. The zero-order valence-electron chi connectivity index (χ0n) is 15.3. The Bertz CT molecular complexity index is 563. The first-order valence-electron chi connectivity index (χ1n) is 8.34. The normalized spacial score (nSPS) is 18.9. The summed E-state index contributed by atoms with van der Waals surface area (Å²) in [6.45, 7) is 9.32. The summed E-state index contributed by atoms with van der Waals surface area (Å²) >= 11 is 2.02. The smallest absolute Gasteiger partial charge is 0.193 e. The van der Waals surface area contributed by atoms with Gasteiger partial charge in [-0.25, -0.2) is 0 Å².